The summed E-state index contributed by atoms with van der Waals surface area (Å²) >= 11 is 0. The number of anilines is 1. The fourth-order valence-electron chi connectivity index (χ4n) is 5.19. The molecule has 1 atom stereocenters. The quantitative estimate of drug-likeness (QED) is 0.527. The molecule has 198 valence electrons. The Morgan fingerprint density at radius 3 is 2.58 bits per heavy atom. The Morgan fingerprint density at radius 2 is 1.92 bits per heavy atom. The van der Waals surface area contributed by atoms with Crippen LogP contribution in [0.1, 0.15) is 28.5 Å². The fourth-order valence-corrected chi connectivity index (χ4v) is 5.19. The van der Waals surface area contributed by atoms with E-state index in [1.165, 1.54) is 5.57 Å². The molecule has 2 amide bonds. The Hall–Kier alpha value is -4.27. The zero-order valence-corrected chi connectivity index (χ0v) is 22.7. The Bertz CT molecular complexity index is 1440. The molecule has 0 spiro atoms. The molecule has 0 radical (unpaired) electrons. The van der Waals surface area contributed by atoms with Crippen LogP contribution in [0, 0.1) is 0 Å². The SMILES string of the molecule is CNC1=CC=C(c2ccnc3c2cc(CN2CCN(c4ccc(C(=O)N(C)C)cc4)CC2=O)n3C)C(C)N1. The number of aromatic nitrogens is 2. The van der Waals surface area contributed by atoms with E-state index in [-0.39, 0.29) is 17.9 Å². The summed E-state index contributed by atoms with van der Waals surface area (Å²) in [6.07, 6.45) is 6.06. The summed E-state index contributed by atoms with van der Waals surface area (Å²) in [7, 11) is 7.40. The summed E-state index contributed by atoms with van der Waals surface area (Å²) < 4.78 is 2.09. The predicted octanol–water partition coefficient (Wildman–Crippen LogP) is 2.56. The number of hydrogen-bond donors (Lipinski definition) is 2. The molecule has 3 aromatic rings. The van der Waals surface area contributed by atoms with E-state index in [0.29, 0.717) is 25.2 Å². The number of benzene rings is 1. The minimum absolute atomic E-state index is 0.0327. The number of carbonyl (C=O) groups is 2. The van der Waals surface area contributed by atoms with Crippen LogP contribution >= 0.6 is 0 Å². The first kappa shape index (κ1) is 25.4. The molecule has 2 aliphatic rings. The maximum Gasteiger partial charge on any atom is 0.253 e. The number of aryl methyl sites for hydroxylation is 1. The van der Waals surface area contributed by atoms with Crippen molar-refractivity contribution in [2.75, 3.05) is 45.7 Å². The molecule has 9 heteroatoms. The number of amides is 2. The molecule has 2 aromatic heterocycles. The number of hydrogen-bond acceptors (Lipinski definition) is 6. The zero-order chi connectivity index (χ0) is 27.0. The maximum atomic E-state index is 13.2. The van der Waals surface area contributed by atoms with E-state index in [4.69, 9.17) is 0 Å². The van der Waals surface area contributed by atoms with Crippen molar-refractivity contribution in [1.82, 2.24) is 30.0 Å². The normalized spacial score (nSPS) is 17.7. The highest BCUT2D eigenvalue weighted by Gasteiger charge is 2.26. The van der Waals surface area contributed by atoms with E-state index in [1.54, 1.807) is 19.0 Å². The van der Waals surface area contributed by atoms with Gasteiger partial charge in [0.2, 0.25) is 5.91 Å². The summed E-state index contributed by atoms with van der Waals surface area (Å²) in [5, 5.41) is 7.73. The van der Waals surface area contributed by atoms with Gasteiger partial charge in [0.05, 0.1) is 25.0 Å². The van der Waals surface area contributed by atoms with Crippen LogP contribution in [0.5, 0.6) is 0 Å². The molecular weight excluding hydrogens is 478 g/mol. The number of carbonyl (C=O) groups excluding carboxylic acids is 2. The second kappa shape index (κ2) is 10.2. The van der Waals surface area contributed by atoms with Crippen molar-refractivity contribution in [3.8, 4) is 0 Å². The molecule has 4 heterocycles. The summed E-state index contributed by atoms with van der Waals surface area (Å²) in [5.41, 5.74) is 5.90. The second-order valence-electron chi connectivity index (χ2n) is 10.1. The first-order valence-electron chi connectivity index (χ1n) is 12.9. The van der Waals surface area contributed by atoms with Gasteiger partial charge in [-0.2, -0.15) is 0 Å². The lowest BCUT2D eigenvalue weighted by molar-refractivity contribution is -0.131. The lowest BCUT2D eigenvalue weighted by Crippen LogP contribution is -2.50. The second-order valence-corrected chi connectivity index (χ2v) is 10.1. The summed E-state index contributed by atoms with van der Waals surface area (Å²) in [4.78, 5) is 35.5. The molecule has 0 aliphatic carbocycles. The number of piperazine rings is 1. The van der Waals surface area contributed by atoms with Crippen LogP contribution in [0.2, 0.25) is 0 Å². The number of dihydropyridines is 1. The van der Waals surface area contributed by atoms with Gasteiger partial charge in [0.25, 0.3) is 5.91 Å². The maximum absolute atomic E-state index is 13.2. The zero-order valence-electron chi connectivity index (χ0n) is 22.7. The molecule has 1 unspecified atom stereocenters. The Kier molecular flexibility index (Phi) is 6.84. The van der Waals surface area contributed by atoms with Gasteiger partial charge < -0.3 is 29.9 Å². The number of nitrogens with one attached hydrogen (secondary N) is 2. The van der Waals surface area contributed by atoms with Gasteiger partial charge in [-0.3, -0.25) is 9.59 Å². The van der Waals surface area contributed by atoms with Crippen molar-refractivity contribution in [3.63, 3.8) is 0 Å². The molecule has 38 heavy (non-hydrogen) atoms. The Labute approximate surface area is 223 Å². The smallest absolute Gasteiger partial charge is 0.253 e. The van der Waals surface area contributed by atoms with Crippen LogP contribution in [-0.4, -0.2) is 78.0 Å². The number of fused-ring (bicyclic) bond motifs is 1. The van der Waals surface area contributed by atoms with Crippen LogP contribution in [-0.2, 0) is 18.4 Å². The lowest BCUT2D eigenvalue weighted by Gasteiger charge is -2.35. The van der Waals surface area contributed by atoms with Crippen LogP contribution in [0.25, 0.3) is 16.6 Å². The van der Waals surface area contributed by atoms with Crippen molar-refractivity contribution in [3.05, 3.63) is 77.4 Å². The number of rotatable bonds is 6. The van der Waals surface area contributed by atoms with E-state index >= 15 is 0 Å². The Balaban J connectivity index is 1.32. The third-order valence-corrected chi connectivity index (χ3v) is 7.43. The van der Waals surface area contributed by atoms with E-state index in [1.807, 2.05) is 49.5 Å². The molecule has 9 nitrogen and oxygen atoms in total. The van der Waals surface area contributed by atoms with E-state index in [0.717, 1.165) is 40.3 Å². The minimum Gasteiger partial charge on any atom is -0.375 e. The molecule has 2 N–H and O–H groups in total. The average molecular weight is 514 g/mol. The predicted molar refractivity (Wildman–Crippen MR) is 151 cm³/mol. The highest BCUT2D eigenvalue weighted by atomic mass is 16.2. The van der Waals surface area contributed by atoms with E-state index in [9.17, 15) is 9.59 Å². The molecule has 1 fully saturated rings. The molecular formula is C29H35N7O2. The summed E-state index contributed by atoms with van der Waals surface area (Å²) in [5.74, 6) is 1.05. The molecule has 1 saturated heterocycles. The fraction of sp³-hybridized carbons (Fsp3) is 0.345. The highest BCUT2D eigenvalue weighted by Crippen LogP contribution is 2.30. The topological polar surface area (TPSA) is 85.7 Å². The van der Waals surface area contributed by atoms with Gasteiger partial charge in [0.1, 0.15) is 5.65 Å². The van der Waals surface area contributed by atoms with Crippen LogP contribution in [0.3, 0.4) is 0 Å². The first-order chi connectivity index (χ1) is 18.3. The van der Waals surface area contributed by atoms with Gasteiger partial charge in [-0.15, -0.1) is 0 Å². The van der Waals surface area contributed by atoms with Crippen LogP contribution < -0.4 is 15.5 Å². The van der Waals surface area contributed by atoms with Crippen molar-refractivity contribution in [2.24, 2.45) is 7.05 Å². The largest absolute Gasteiger partial charge is 0.375 e. The van der Waals surface area contributed by atoms with Crippen molar-refractivity contribution >= 4 is 34.1 Å². The van der Waals surface area contributed by atoms with E-state index < -0.39 is 0 Å². The lowest BCUT2D eigenvalue weighted by atomic mass is 9.95. The molecule has 2 aliphatic heterocycles. The van der Waals surface area contributed by atoms with Gasteiger partial charge >= 0.3 is 0 Å². The van der Waals surface area contributed by atoms with E-state index in [2.05, 4.69) is 56.3 Å². The number of pyridine rings is 1. The summed E-state index contributed by atoms with van der Waals surface area (Å²) in [6.45, 7) is 4.35. The molecule has 0 saturated carbocycles. The van der Waals surface area contributed by atoms with Crippen LogP contribution in [0.15, 0.2) is 60.6 Å². The third-order valence-electron chi connectivity index (χ3n) is 7.43. The standard InChI is InChI=1S/C29H35N7O2/c1-19-23(10-11-26(30-2)32-19)24-12-13-31-28-25(24)16-22(34(28)5)17-36-15-14-35(18-27(36)37)21-8-6-20(7-9-21)29(38)33(3)4/h6-13,16,19,30,32H,14-15,17-18H2,1-5H3. The van der Waals surface area contributed by atoms with Crippen molar-refractivity contribution in [1.29, 1.82) is 0 Å². The van der Waals surface area contributed by atoms with Crippen molar-refractivity contribution in [2.45, 2.75) is 19.5 Å². The van der Waals surface area contributed by atoms with Gasteiger partial charge in [-0.05, 0) is 60.5 Å². The van der Waals surface area contributed by atoms with Gasteiger partial charge in [-0.25, -0.2) is 4.98 Å². The molecule has 1 aromatic carbocycles. The van der Waals surface area contributed by atoms with Gasteiger partial charge in [0, 0.05) is 69.8 Å². The van der Waals surface area contributed by atoms with Crippen LogP contribution in [0.4, 0.5) is 5.69 Å². The summed E-state index contributed by atoms with van der Waals surface area (Å²) in [6, 6.07) is 11.9. The minimum atomic E-state index is -0.0327. The molecule has 0 bridgehead atoms. The van der Waals surface area contributed by atoms with Gasteiger partial charge in [0.15, 0.2) is 0 Å². The third kappa shape index (κ3) is 4.71. The molecule has 5 rings (SSSR count). The average Bonchev–Trinajstić information content (AvgIpc) is 3.24. The number of allylic oxidation sites excluding steroid dienone is 2. The Morgan fingerprint density at radius 1 is 1.16 bits per heavy atom. The first-order valence-corrected chi connectivity index (χ1v) is 12.9. The van der Waals surface area contributed by atoms with Crippen molar-refractivity contribution < 1.29 is 9.59 Å². The van der Waals surface area contributed by atoms with Gasteiger partial charge in [-0.1, -0.05) is 6.08 Å². The monoisotopic (exact) mass is 513 g/mol. The highest BCUT2D eigenvalue weighted by molar-refractivity contribution is 5.94. The number of nitrogens with zero attached hydrogens (tertiary/aromatic N) is 5.